The second-order valence-corrected chi connectivity index (χ2v) is 8.95. The first-order valence-electron chi connectivity index (χ1n) is 11.1. The van der Waals surface area contributed by atoms with Gasteiger partial charge in [0.1, 0.15) is 17.6 Å². The van der Waals surface area contributed by atoms with Crippen LogP contribution in [0.25, 0.3) is 11.3 Å². The maximum absolute atomic E-state index is 13.4. The van der Waals surface area contributed by atoms with Crippen LogP contribution in [0.3, 0.4) is 0 Å². The normalized spacial score (nSPS) is 11.6. The Balaban J connectivity index is 1.65. The summed E-state index contributed by atoms with van der Waals surface area (Å²) in [7, 11) is 1.54. The van der Waals surface area contributed by atoms with Crippen LogP contribution in [0.5, 0.6) is 0 Å². The second-order valence-electron chi connectivity index (χ2n) is 8.04. The summed E-state index contributed by atoms with van der Waals surface area (Å²) in [5.41, 5.74) is 3.39. The van der Waals surface area contributed by atoms with E-state index in [9.17, 15) is 14.0 Å². The molecule has 0 saturated heterocycles. The third-order valence-electron chi connectivity index (χ3n) is 5.52. The lowest BCUT2D eigenvalue weighted by Gasteiger charge is -2.18. The van der Waals surface area contributed by atoms with Crippen molar-refractivity contribution in [2.24, 2.45) is 0 Å². The van der Waals surface area contributed by atoms with Gasteiger partial charge in [-0.2, -0.15) is 5.10 Å². The molecule has 8 heteroatoms. The van der Waals surface area contributed by atoms with Gasteiger partial charge in [-0.15, -0.1) is 0 Å². The number of halogens is 2. The van der Waals surface area contributed by atoms with Gasteiger partial charge in [0.25, 0.3) is 5.91 Å². The van der Waals surface area contributed by atoms with Crippen molar-refractivity contribution in [1.29, 1.82) is 0 Å². The third-order valence-corrected chi connectivity index (χ3v) is 6.02. The third kappa shape index (κ3) is 6.22. The van der Waals surface area contributed by atoms with E-state index in [1.807, 2.05) is 54.6 Å². The number of rotatable bonds is 8. The summed E-state index contributed by atoms with van der Waals surface area (Å²) in [4.78, 5) is 26.0. The molecule has 0 aliphatic rings. The molecule has 1 aromatic heterocycles. The molecule has 2 N–H and O–H groups in total. The molecule has 0 radical (unpaired) electrons. The molecule has 0 aliphatic heterocycles. The van der Waals surface area contributed by atoms with Gasteiger partial charge >= 0.3 is 0 Å². The molecule has 1 atom stereocenters. The van der Waals surface area contributed by atoms with Crippen molar-refractivity contribution >= 4 is 27.7 Å². The Morgan fingerprint density at radius 3 is 2.37 bits per heavy atom. The summed E-state index contributed by atoms with van der Waals surface area (Å²) in [6, 6.07) is 24.0. The van der Waals surface area contributed by atoms with Gasteiger partial charge in [0.2, 0.25) is 5.91 Å². The second kappa shape index (κ2) is 11.1. The first kappa shape index (κ1) is 24.3. The van der Waals surface area contributed by atoms with E-state index in [4.69, 9.17) is 0 Å². The van der Waals surface area contributed by atoms with E-state index in [0.29, 0.717) is 29.9 Å². The first-order chi connectivity index (χ1) is 16.9. The van der Waals surface area contributed by atoms with Crippen LogP contribution >= 0.6 is 15.9 Å². The Hall–Kier alpha value is -3.78. The van der Waals surface area contributed by atoms with Gasteiger partial charge in [-0.05, 0) is 53.6 Å². The van der Waals surface area contributed by atoms with Crippen LogP contribution in [0.1, 0.15) is 21.6 Å². The van der Waals surface area contributed by atoms with Crippen molar-refractivity contribution in [3.63, 3.8) is 0 Å². The summed E-state index contributed by atoms with van der Waals surface area (Å²) >= 11 is 3.44. The van der Waals surface area contributed by atoms with Gasteiger partial charge in [-0.1, -0.05) is 58.4 Å². The first-order valence-corrected chi connectivity index (χ1v) is 11.9. The largest absolute Gasteiger partial charge is 0.357 e. The van der Waals surface area contributed by atoms with Gasteiger partial charge in [0.15, 0.2) is 0 Å². The van der Waals surface area contributed by atoms with Crippen molar-refractivity contribution in [2.75, 3.05) is 7.05 Å². The highest BCUT2D eigenvalue weighted by molar-refractivity contribution is 9.10. The van der Waals surface area contributed by atoms with E-state index in [0.717, 1.165) is 15.6 Å². The predicted molar refractivity (Wildman–Crippen MR) is 136 cm³/mol. The molecule has 2 amide bonds. The van der Waals surface area contributed by atoms with Crippen LogP contribution in [-0.4, -0.2) is 34.7 Å². The van der Waals surface area contributed by atoms with Crippen molar-refractivity contribution in [1.82, 2.24) is 20.4 Å². The van der Waals surface area contributed by atoms with Gasteiger partial charge in [0.05, 0.1) is 12.2 Å². The number of hydrogen-bond acceptors (Lipinski definition) is 3. The SMILES string of the molecule is CNC(=O)[C@H](Cc1cccc(Br)c1)NC(=O)c1cc(-c2ccc(F)cc2)nn1Cc1ccccc1. The molecule has 0 fully saturated rings. The molecular formula is C27H24BrFN4O2. The molecule has 0 saturated carbocycles. The zero-order chi connectivity index (χ0) is 24.8. The van der Waals surface area contributed by atoms with E-state index in [-0.39, 0.29) is 11.7 Å². The Morgan fingerprint density at radius 2 is 1.69 bits per heavy atom. The minimum absolute atomic E-state index is 0.300. The molecule has 0 aliphatic carbocycles. The summed E-state index contributed by atoms with van der Waals surface area (Å²) in [5, 5.41) is 10.1. The zero-order valence-corrected chi connectivity index (χ0v) is 20.6. The number of carbonyl (C=O) groups is 2. The average Bonchev–Trinajstić information content (AvgIpc) is 3.28. The Morgan fingerprint density at radius 1 is 0.971 bits per heavy atom. The zero-order valence-electron chi connectivity index (χ0n) is 19.0. The van der Waals surface area contributed by atoms with Gasteiger partial charge in [0, 0.05) is 23.5 Å². The minimum atomic E-state index is -0.781. The fraction of sp³-hybridized carbons (Fsp3) is 0.148. The molecule has 3 aromatic carbocycles. The fourth-order valence-electron chi connectivity index (χ4n) is 3.75. The molecule has 4 aromatic rings. The van der Waals surface area contributed by atoms with Crippen molar-refractivity contribution in [3.8, 4) is 11.3 Å². The Kier molecular flexibility index (Phi) is 7.72. The molecule has 0 unspecified atom stereocenters. The van der Waals surface area contributed by atoms with Crippen molar-refractivity contribution in [3.05, 3.63) is 112 Å². The predicted octanol–water partition coefficient (Wildman–Crippen LogP) is 4.59. The number of benzene rings is 3. The lowest BCUT2D eigenvalue weighted by Crippen LogP contribution is -2.47. The quantitative estimate of drug-likeness (QED) is 0.347. The number of amides is 2. The van der Waals surface area contributed by atoms with Crippen molar-refractivity contribution in [2.45, 2.75) is 19.0 Å². The summed E-state index contributed by atoms with van der Waals surface area (Å²) < 4.78 is 15.9. The molecule has 35 heavy (non-hydrogen) atoms. The lowest BCUT2D eigenvalue weighted by atomic mass is 10.0. The highest BCUT2D eigenvalue weighted by atomic mass is 79.9. The van der Waals surface area contributed by atoms with Crippen LogP contribution in [0.4, 0.5) is 4.39 Å². The summed E-state index contributed by atoms with van der Waals surface area (Å²) in [6.45, 7) is 0.362. The molecule has 6 nitrogen and oxygen atoms in total. The molecule has 0 spiro atoms. The molecule has 178 valence electrons. The Labute approximate surface area is 211 Å². The maximum Gasteiger partial charge on any atom is 0.270 e. The van der Waals surface area contributed by atoms with E-state index >= 15 is 0 Å². The molecular weight excluding hydrogens is 511 g/mol. The van der Waals surface area contributed by atoms with E-state index in [2.05, 4.69) is 31.7 Å². The van der Waals surface area contributed by atoms with E-state index < -0.39 is 11.9 Å². The standard InChI is InChI=1S/C27H24BrFN4O2/c1-30-26(34)24(15-19-8-5-9-21(28)14-19)31-27(35)25-16-23(20-10-12-22(29)13-11-20)32-33(25)17-18-6-3-2-4-7-18/h2-14,16,24H,15,17H2,1H3,(H,30,34)(H,31,35)/t24-/m0/s1. The van der Waals surface area contributed by atoms with Crippen LogP contribution in [-0.2, 0) is 17.8 Å². The monoisotopic (exact) mass is 534 g/mol. The van der Waals surface area contributed by atoms with Gasteiger partial charge in [-0.3, -0.25) is 14.3 Å². The summed E-state index contributed by atoms with van der Waals surface area (Å²) in [6.07, 6.45) is 0.322. The number of likely N-dealkylation sites (N-methyl/N-ethyl adjacent to an activating group) is 1. The topological polar surface area (TPSA) is 76.0 Å². The highest BCUT2D eigenvalue weighted by Gasteiger charge is 2.24. The minimum Gasteiger partial charge on any atom is -0.357 e. The number of aromatic nitrogens is 2. The number of hydrogen-bond donors (Lipinski definition) is 2. The van der Waals surface area contributed by atoms with Crippen LogP contribution < -0.4 is 10.6 Å². The number of nitrogens with one attached hydrogen (secondary N) is 2. The van der Waals surface area contributed by atoms with Gasteiger partial charge < -0.3 is 10.6 Å². The van der Waals surface area contributed by atoms with Crippen LogP contribution in [0.15, 0.2) is 89.4 Å². The van der Waals surface area contributed by atoms with E-state index in [1.165, 1.54) is 19.2 Å². The average molecular weight is 535 g/mol. The highest BCUT2D eigenvalue weighted by Crippen LogP contribution is 2.21. The van der Waals surface area contributed by atoms with Crippen LogP contribution in [0, 0.1) is 5.82 Å². The Bertz CT molecular complexity index is 1320. The lowest BCUT2D eigenvalue weighted by molar-refractivity contribution is -0.122. The molecule has 1 heterocycles. The summed E-state index contributed by atoms with van der Waals surface area (Å²) in [5.74, 6) is -1.08. The molecule has 0 bridgehead atoms. The number of nitrogens with zero attached hydrogens (tertiary/aromatic N) is 2. The smallest absolute Gasteiger partial charge is 0.270 e. The van der Waals surface area contributed by atoms with Crippen LogP contribution in [0.2, 0.25) is 0 Å². The maximum atomic E-state index is 13.4. The fourth-order valence-corrected chi connectivity index (χ4v) is 4.20. The number of carbonyl (C=O) groups excluding carboxylic acids is 2. The van der Waals surface area contributed by atoms with E-state index in [1.54, 1.807) is 22.9 Å². The van der Waals surface area contributed by atoms with Gasteiger partial charge in [-0.25, -0.2) is 4.39 Å². The molecule has 4 rings (SSSR count). The van der Waals surface area contributed by atoms with Crippen molar-refractivity contribution < 1.29 is 14.0 Å².